The molecule has 2 aromatic carbocycles. The first kappa shape index (κ1) is 25.8. The molecule has 3 rings (SSSR count). The molecule has 0 spiro atoms. The van der Waals surface area contributed by atoms with Crippen LogP contribution < -0.4 is 15.2 Å². The molecule has 1 fully saturated rings. The van der Waals surface area contributed by atoms with Gasteiger partial charge < -0.3 is 19.9 Å². The largest absolute Gasteiger partial charge is 0.573 e. The monoisotopic (exact) mass is 502 g/mol. The van der Waals surface area contributed by atoms with Gasteiger partial charge in [0.1, 0.15) is 17.2 Å². The Bertz CT molecular complexity index is 1050. The topological polar surface area (TPSA) is 108 Å². The van der Waals surface area contributed by atoms with E-state index in [0.29, 0.717) is 26.2 Å². The van der Waals surface area contributed by atoms with Crippen molar-refractivity contribution >= 4 is 15.7 Å². The van der Waals surface area contributed by atoms with Crippen LogP contribution in [0.4, 0.5) is 13.2 Å². The molecule has 0 aliphatic carbocycles. The summed E-state index contributed by atoms with van der Waals surface area (Å²) in [5.41, 5.74) is 5.45. The average molecular weight is 503 g/mol. The Morgan fingerprint density at radius 2 is 1.53 bits per heavy atom. The number of nitrogens with zero attached hydrogens (tertiary/aromatic N) is 1. The first-order valence-electron chi connectivity index (χ1n) is 10.5. The molecule has 1 aliphatic rings. The third kappa shape index (κ3) is 7.89. The lowest BCUT2D eigenvalue weighted by atomic mass is 10.1. The van der Waals surface area contributed by atoms with E-state index in [-0.39, 0.29) is 22.1 Å². The summed E-state index contributed by atoms with van der Waals surface area (Å²) in [6.07, 6.45) is -4.47. The molecular weight excluding hydrogens is 477 g/mol. The molecule has 0 aromatic heterocycles. The summed E-state index contributed by atoms with van der Waals surface area (Å²) in [4.78, 5) is 14.0. The van der Waals surface area contributed by atoms with Gasteiger partial charge in [0.05, 0.1) is 29.8 Å². The second-order valence-corrected chi connectivity index (χ2v) is 9.75. The van der Waals surface area contributed by atoms with Gasteiger partial charge in [-0.3, -0.25) is 9.69 Å². The molecule has 1 heterocycles. The molecule has 186 valence electrons. The Kier molecular flexibility index (Phi) is 8.39. The van der Waals surface area contributed by atoms with Crippen molar-refractivity contribution in [1.29, 1.82) is 0 Å². The Morgan fingerprint density at radius 3 is 2.06 bits per heavy atom. The van der Waals surface area contributed by atoms with Crippen LogP contribution in [0.2, 0.25) is 0 Å². The highest BCUT2D eigenvalue weighted by Crippen LogP contribution is 2.28. The fraction of sp³-hybridized carbons (Fsp3) is 0.409. The van der Waals surface area contributed by atoms with E-state index in [1.54, 1.807) is 0 Å². The number of benzene rings is 2. The SMILES string of the molecule is NC(=O)C(CCN1CCOCC1)CS(=O)(=O)c1ccc(Oc2ccc(OC(F)(F)F)cc2)cc1. The van der Waals surface area contributed by atoms with Crippen LogP contribution in [-0.4, -0.2) is 64.2 Å². The maximum Gasteiger partial charge on any atom is 0.573 e. The zero-order valence-electron chi connectivity index (χ0n) is 18.2. The predicted molar refractivity (Wildman–Crippen MR) is 116 cm³/mol. The van der Waals surface area contributed by atoms with Crippen LogP contribution in [0.15, 0.2) is 53.4 Å². The minimum Gasteiger partial charge on any atom is -0.457 e. The minimum atomic E-state index is -4.79. The summed E-state index contributed by atoms with van der Waals surface area (Å²) < 4.78 is 77.0. The van der Waals surface area contributed by atoms with Gasteiger partial charge in [-0.1, -0.05) is 0 Å². The Labute approximate surface area is 195 Å². The van der Waals surface area contributed by atoms with Crippen molar-refractivity contribution in [3.63, 3.8) is 0 Å². The van der Waals surface area contributed by atoms with Crippen molar-refractivity contribution in [3.05, 3.63) is 48.5 Å². The molecule has 1 aliphatic heterocycles. The number of alkyl halides is 3. The van der Waals surface area contributed by atoms with Gasteiger partial charge >= 0.3 is 6.36 Å². The van der Waals surface area contributed by atoms with E-state index < -0.39 is 33.8 Å². The third-order valence-electron chi connectivity index (χ3n) is 5.20. The predicted octanol–water partition coefficient (Wildman–Crippen LogP) is 2.98. The molecule has 2 aromatic rings. The van der Waals surface area contributed by atoms with Crippen LogP contribution in [0, 0.1) is 5.92 Å². The normalized spacial score (nSPS) is 16.1. The minimum absolute atomic E-state index is 0.00592. The number of halogens is 3. The number of sulfone groups is 1. The zero-order chi connectivity index (χ0) is 24.8. The Morgan fingerprint density at radius 1 is 1.00 bits per heavy atom. The molecule has 0 bridgehead atoms. The van der Waals surface area contributed by atoms with E-state index in [2.05, 4.69) is 9.64 Å². The molecule has 0 saturated carbocycles. The number of morpholine rings is 1. The lowest BCUT2D eigenvalue weighted by Gasteiger charge is -2.27. The zero-order valence-corrected chi connectivity index (χ0v) is 19.0. The second kappa shape index (κ2) is 11.1. The van der Waals surface area contributed by atoms with Crippen LogP contribution in [0.1, 0.15) is 6.42 Å². The van der Waals surface area contributed by atoms with E-state index in [9.17, 15) is 26.4 Å². The van der Waals surface area contributed by atoms with Crippen molar-refractivity contribution in [2.24, 2.45) is 11.7 Å². The van der Waals surface area contributed by atoms with Crippen molar-refractivity contribution < 1.29 is 40.6 Å². The molecule has 0 radical (unpaired) electrons. The van der Waals surface area contributed by atoms with Gasteiger partial charge in [0, 0.05) is 13.1 Å². The average Bonchev–Trinajstić information content (AvgIpc) is 2.78. The maximum atomic E-state index is 12.8. The fourth-order valence-electron chi connectivity index (χ4n) is 3.39. The summed E-state index contributed by atoms with van der Waals surface area (Å²) in [5, 5.41) is 0. The number of nitrogens with two attached hydrogens (primary N) is 1. The van der Waals surface area contributed by atoms with E-state index in [0.717, 1.165) is 25.2 Å². The van der Waals surface area contributed by atoms with Crippen LogP contribution >= 0.6 is 0 Å². The highest BCUT2D eigenvalue weighted by atomic mass is 32.2. The van der Waals surface area contributed by atoms with Crippen molar-refractivity contribution in [1.82, 2.24) is 4.90 Å². The number of hydrogen-bond acceptors (Lipinski definition) is 7. The molecule has 1 atom stereocenters. The summed E-state index contributed by atoms with van der Waals surface area (Å²) >= 11 is 0. The summed E-state index contributed by atoms with van der Waals surface area (Å²) in [6.45, 7) is 3.18. The first-order valence-corrected chi connectivity index (χ1v) is 12.1. The van der Waals surface area contributed by atoms with Crippen molar-refractivity contribution in [2.75, 3.05) is 38.6 Å². The molecule has 34 heavy (non-hydrogen) atoms. The summed E-state index contributed by atoms with van der Waals surface area (Å²) in [6, 6.07) is 10.3. The number of carbonyl (C=O) groups excluding carboxylic acids is 1. The number of ether oxygens (including phenoxy) is 3. The quantitative estimate of drug-likeness (QED) is 0.532. The smallest absolute Gasteiger partial charge is 0.457 e. The van der Waals surface area contributed by atoms with Gasteiger partial charge in [-0.05, 0) is 61.5 Å². The molecule has 1 unspecified atom stereocenters. The van der Waals surface area contributed by atoms with Gasteiger partial charge in [-0.25, -0.2) is 8.42 Å². The van der Waals surface area contributed by atoms with Gasteiger partial charge in [0.15, 0.2) is 9.84 Å². The summed E-state index contributed by atoms with van der Waals surface area (Å²) in [5.74, 6) is -1.79. The molecular formula is C22H25F3N2O6S. The lowest BCUT2D eigenvalue weighted by molar-refractivity contribution is -0.274. The highest BCUT2D eigenvalue weighted by molar-refractivity contribution is 7.91. The number of primary amides is 1. The molecule has 12 heteroatoms. The number of rotatable bonds is 10. The second-order valence-electron chi connectivity index (χ2n) is 7.72. The van der Waals surface area contributed by atoms with Crippen molar-refractivity contribution in [2.45, 2.75) is 17.7 Å². The van der Waals surface area contributed by atoms with E-state index in [4.69, 9.17) is 15.2 Å². The van der Waals surface area contributed by atoms with Crippen LogP contribution in [-0.2, 0) is 19.4 Å². The van der Waals surface area contributed by atoms with Crippen LogP contribution in [0.3, 0.4) is 0 Å². The third-order valence-corrected chi connectivity index (χ3v) is 7.03. The van der Waals surface area contributed by atoms with E-state index >= 15 is 0 Å². The molecule has 1 amide bonds. The van der Waals surface area contributed by atoms with Crippen molar-refractivity contribution in [3.8, 4) is 17.2 Å². The van der Waals surface area contributed by atoms with Gasteiger partial charge in [0.2, 0.25) is 5.91 Å². The molecule has 2 N–H and O–H groups in total. The number of amides is 1. The number of hydrogen-bond donors (Lipinski definition) is 1. The highest BCUT2D eigenvalue weighted by Gasteiger charge is 2.31. The molecule has 8 nitrogen and oxygen atoms in total. The summed E-state index contributed by atoms with van der Waals surface area (Å²) in [7, 11) is -3.79. The standard InChI is InChI=1S/C22H25F3N2O6S/c23-22(24,25)33-19-3-1-17(2-4-19)32-18-5-7-20(8-6-18)34(29,30)15-16(21(26)28)9-10-27-11-13-31-14-12-27/h1-8,16H,9-15H2,(H2,26,28). The fourth-order valence-corrected chi connectivity index (χ4v) is 5.00. The van der Waals surface area contributed by atoms with Gasteiger partial charge in [-0.15, -0.1) is 13.2 Å². The molecule has 1 saturated heterocycles. The van der Waals surface area contributed by atoms with Crippen LogP contribution in [0.25, 0.3) is 0 Å². The Balaban J connectivity index is 1.59. The maximum absolute atomic E-state index is 12.8. The van der Waals surface area contributed by atoms with Gasteiger partial charge in [-0.2, -0.15) is 0 Å². The lowest BCUT2D eigenvalue weighted by Crippen LogP contribution is -2.39. The van der Waals surface area contributed by atoms with E-state index in [1.807, 2.05) is 0 Å². The number of carbonyl (C=O) groups is 1. The van der Waals surface area contributed by atoms with E-state index in [1.165, 1.54) is 36.4 Å². The first-order chi connectivity index (χ1) is 16.0. The van der Waals surface area contributed by atoms with Crippen LogP contribution in [0.5, 0.6) is 17.2 Å². The van der Waals surface area contributed by atoms with Gasteiger partial charge in [0.25, 0.3) is 0 Å². The Hall–Kier alpha value is -2.83.